The Morgan fingerprint density at radius 2 is 0.550 bits per heavy atom. The van der Waals surface area contributed by atoms with E-state index in [4.69, 9.17) is 42.6 Å². The second kappa shape index (κ2) is 20.2. The number of hydrogen-bond acceptors (Lipinski definition) is 11. The summed E-state index contributed by atoms with van der Waals surface area (Å²) in [6.07, 6.45) is 3.88. The van der Waals surface area contributed by atoms with Crippen molar-refractivity contribution in [2.75, 3.05) is 49.8 Å². The molecule has 0 saturated carbocycles. The quantitative estimate of drug-likeness (QED) is 0.0765. The van der Waals surface area contributed by atoms with Gasteiger partial charge in [0.25, 0.3) is 0 Å². The van der Waals surface area contributed by atoms with E-state index in [0.717, 1.165) is 33.4 Å². The maximum Gasteiger partial charge on any atom is 0.203 e. The van der Waals surface area contributed by atoms with E-state index in [1.54, 1.807) is 80.1 Å². The molecule has 11 nitrogen and oxygen atoms in total. The summed E-state index contributed by atoms with van der Waals surface area (Å²) in [6, 6.07) is 31.6. The molecule has 0 aliphatic heterocycles. The van der Waals surface area contributed by atoms with Gasteiger partial charge in [-0.25, -0.2) is 0 Å². The molecule has 60 heavy (non-hydrogen) atoms. The van der Waals surface area contributed by atoms with Gasteiger partial charge in [0.1, 0.15) is 57.5 Å². The summed E-state index contributed by atoms with van der Waals surface area (Å²) in [5.74, 6) is 6.64. The van der Waals surface area contributed by atoms with Crippen molar-refractivity contribution in [1.29, 1.82) is 0 Å². The van der Waals surface area contributed by atoms with Crippen LogP contribution >= 0.6 is 0 Å². The highest BCUT2D eigenvalue weighted by molar-refractivity contribution is 5.54. The third kappa shape index (κ3) is 11.4. The zero-order chi connectivity index (χ0) is 42.6. The lowest BCUT2D eigenvalue weighted by Crippen LogP contribution is -1.99. The van der Waals surface area contributed by atoms with Crippen LogP contribution in [0.1, 0.15) is 33.4 Å². The van der Waals surface area contributed by atoms with Crippen molar-refractivity contribution in [3.8, 4) is 74.7 Å². The van der Waals surface area contributed by atoms with Crippen LogP contribution in [0.2, 0.25) is 0 Å². The number of aryl methyl sites for hydroxylation is 6. The van der Waals surface area contributed by atoms with Gasteiger partial charge in [0.05, 0.1) is 49.8 Å². The van der Waals surface area contributed by atoms with Crippen LogP contribution < -0.4 is 42.6 Å². The summed E-state index contributed by atoms with van der Waals surface area (Å²) < 4.78 is 51.5. The zero-order valence-electron chi connectivity index (χ0n) is 35.1. The number of ether oxygens (including phenoxy) is 9. The van der Waals surface area contributed by atoms with Crippen molar-refractivity contribution < 1.29 is 52.8 Å². The van der Waals surface area contributed by atoms with E-state index >= 15 is 0 Å². The van der Waals surface area contributed by atoms with Crippen molar-refractivity contribution in [2.45, 2.75) is 38.5 Å². The molecular formula is C49H52O11. The van der Waals surface area contributed by atoms with Gasteiger partial charge in [-0.1, -0.05) is 0 Å². The topological polar surface area (TPSA) is 124 Å². The Kier molecular flexibility index (Phi) is 14.4. The average molecular weight is 817 g/mol. The van der Waals surface area contributed by atoms with Crippen LogP contribution in [0.3, 0.4) is 0 Å². The molecule has 0 unspecified atom stereocenters. The van der Waals surface area contributed by atoms with Crippen molar-refractivity contribution in [1.82, 2.24) is 0 Å². The van der Waals surface area contributed by atoms with E-state index in [9.17, 15) is 10.2 Å². The molecule has 0 fully saturated rings. The molecule has 0 aromatic heterocycles. The summed E-state index contributed by atoms with van der Waals surface area (Å²) in [4.78, 5) is 0. The predicted octanol–water partition coefficient (Wildman–Crippen LogP) is 10.1. The number of aromatic hydroxyl groups is 2. The van der Waals surface area contributed by atoms with Gasteiger partial charge in [-0.15, -0.1) is 0 Å². The van der Waals surface area contributed by atoms with Gasteiger partial charge in [-0.05, 0) is 145 Å². The molecule has 0 radical (unpaired) electrons. The Morgan fingerprint density at radius 1 is 0.283 bits per heavy atom. The van der Waals surface area contributed by atoms with Gasteiger partial charge in [0.15, 0.2) is 11.5 Å². The number of benzene rings is 6. The van der Waals surface area contributed by atoms with E-state index in [2.05, 4.69) is 0 Å². The molecule has 0 heterocycles. The zero-order valence-corrected chi connectivity index (χ0v) is 35.1. The monoisotopic (exact) mass is 816 g/mol. The van der Waals surface area contributed by atoms with Crippen molar-refractivity contribution in [3.05, 3.63) is 137 Å². The molecule has 6 rings (SSSR count). The molecule has 0 aliphatic carbocycles. The highest BCUT2D eigenvalue weighted by atomic mass is 16.5. The Balaban J connectivity index is 1.27. The van der Waals surface area contributed by atoms with E-state index in [0.29, 0.717) is 102 Å². The summed E-state index contributed by atoms with van der Waals surface area (Å²) in [6.45, 7) is 0. The van der Waals surface area contributed by atoms with E-state index < -0.39 is 0 Å². The first-order valence-corrected chi connectivity index (χ1v) is 19.5. The maximum absolute atomic E-state index is 10.8. The number of methoxy groups -OCH3 is 7. The molecule has 2 N–H and O–H groups in total. The number of phenolic OH excluding ortho intramolecular Hbond substituents is 2. The normalized spacial score (nSPS) is 10.8. The summed E-state index contributed by atoms with van der Waals surface area (Å²) in [7, 11) is 11.3. The van der Waals surface area contributed by atoms with E-state index in [1.807, 2.05) is 72.8 Å². The molecule has 0 aliphatic rings. The predicted molar refractivity (Wildman–Crippen MR) is 230 cm³/mol. The lowest BCUT2D eigenvalue weighted by molar-refractivity contribution is 0.324. The lowest BCUT2D eigenvalue weighted by atomic mass is 10.0. The summed E-state index contributed by atoms with van der Waals surface area (Å²) >= 11 is 0. The number of phenols is 2. The third-order valence-electron chi connectivity index (χ3n) is 9.97. The van der Waals surface area contributed by atoms with Crippen LogP contribution in [0.4, 0.5) is 0 Å². The van der Waals surface area contributed by atoms with Crippen LogP contribution in [0.15, 0.2) is 103 Å². The van der Waals surface area contributed by atoms with Gasteiger partial charge in [-0.3, -0.25) is 0 Å². The maximum atomic E-state index is 10.8. The Labute approximate surface area is 351 Å². The first-order chi connectivity index (χ1) is 29.1. The molecule has 0 bridgehead atoms. The Hall–Kier alpha value is -6.88. The Bertz CT molecular complexity index is 2190. The third-order valence-corrected chi connectivity index (χ3v) is 9.97. The molecule has 0 amide bonds. The van der Waals surface area contributed by atoms with Crippen LogP contribution in [0.5, 0.6) is 74.7 Å². The van der Waals surface area contributed by atoms with Gasteiger partial charge >= 0.3 is 0 Å². The van der Waals surface area contributed by atoms with Crippen molar-refractivity contribution in [3.63, 3.8) is 0 Å². The van der Waals surface area contributed by atoms with Gasteiger partial charge < -0.3 is 52.8 Å². The number of rotatable bonds is 20. The molecule has 11 heteroatoms. The molecular weight excluding hydrogens is 765 g/mol. The minimum absolute atomic E-state index is 0.0837. The molecule has 0 atom stereocenters. The first kappa shape index (κ1) is 42.7. The van der Waals surface area contributed by atoms with Gasteiger partial charge in [0.2, 0.25) is 5.75 Å². The molecule has 0 spiro atoms. The van der Waals surface area contributed by atoms with Crippen LogP contribution in [0.25, 0.3) is 0 Å². The Morgan fingerprint density at radius 3 is 0.850 bits per heavy atom. The smallest absolute Gasteiger partial charge is 0.203 e. The minimum Gasteiger partial charge on any atom is -0.508 e. The lowest BCUT2D eigenvalue weighted by Gasteiger charge is -2.16. The van der Waals surface area contributed by atoms with Gasteiger partial charge in [0, 0.05) is 30.3 Å². The first-order valence-electron chi connectivity index (χ1n) is 19.5. The summed E-state index contributed by atoms with van der Waals surface area (Å²) in [5.41, 5.74) is 5.76. The molecule has 314 valence electrons. The van der Waals surface area contributed by atoms with Crippen LogP contribution in [0, 0.1) is 0 Å². The number of hydrogen-bond donors (Lipinski definition) is 2. The van der Waals surface area contributed by atoms with Crippen LogP contribution in [-0.2, 0) is 38.5 Å². The van der Waals surface area contributed by atoms with Crippen molar-refractivity contribution >= 4 is 0 Å². The second-order valence-electron chi connectivity index (χ2n) is 14.2. The highest BCUT2D eigenvalue weighted by Crippen LogP contribution is 2.39. The second-order valence-corrected chi connectivity index (χ2v) is 14.2. The van der Waals surface area contributed by atoms with E-state index in [-0.39, 0.29) is 11.5 Å². The SMILES string of the molecule is COc1cc(CCc2cc(O)cc(Oc3cc(CCc4cc(OC)c(OC)c(OC)c4)cc(Oc4cc(O)cc(CCc5cc(OC)cc(OC)c5)c4)c3)c2)cc(OC)c1. The van der Waals surface area contributed by atoms with Crippen molar-refractivity contribution in [2.24, 2.45) is 0 Å². The fourth-order valence-corrected chi connectivity index (χ4v) is 7.03. The average Bonchev–Trinajstić information content (AvgIpc) is 3.25. The minimum atomic E-state index is 0.0837. The fourth-order valence-electron chi connectivity index (χ4n) is 7.03. The molecule has 6 aromatic rings. The molecule has 0 saturated heterocycles. The van der Waals surface area contributed by atoms with Crippen LogP contribution in [-0.4, -0.2) is 60.0 Å². The highest BCUT2D eigenvalue weighted by Gasteiger charge is 2.15. The van der Waals surface area contributed by atoms with E-state index in [1.165, 1.54) is 0 Å². The summed E-state index contributed by atoms with van der Waals surface area (Å²) in [5, 5.41) is 21.6. The fraction of sp³-hybridized carbons (Fsp3) is 0.265. The largest absolute Gasteiger partial charge is 0.508 e. The molecule has 6 aromatic carbocycles. The standard InChI is InChI=1S/C49H52O11/c1-52-39-16-33(17-40(28-39)53-2)10-8-31-14-37(50)26-43(20-31)59-45-22-35(12-13-36-24-47(56-5)49(58-7)48(25-36)57-6)23-46(30-45)60-44-21-32(15-38(51)27-44)9-11-34-18-41(54-3)29-42(19-34)55-4/h14-30,50-51H,8-13H2,1-7H3. The van der Waals surface area contributed by atoms with Gasteiger partial charge in [-0.2, -0.15) is 0 Å².